The van der Waals surface area contributed by atoms with Crippen LogP contribution in [0.3, 0.4) is 0 Å². The van der Waals surface area contributed by atoms with Crippen LogP contribution in [0.2, 0.25) is 0 Å². The molecule has 692 valence electrons. The van der Waals surface area contributed by atoms with Gasteiger partial charge in [0.15, 0.2) is 34.5 Å². The molecular weight excluding hydrogens is 1720 g/mol. The molecule has 0 amide bonds. The van der Waals surface area contributed by atoms with Gasteiger partial charge in [-0.2, -0.15) is 0 Å². The van der Waals surface area contributed by atoms with Gasteiger partial charge in [0.05, 0.1) is 185 Å². The Bertz CT molecular complexity index is 5650. The van der Waals surface area contributed by atoms with Gasteiger partial charge in [-0.25, -0.2) is 0 Å². The molecule has 0 saturated carbocycles. The van der Waals surface area contributed by atoms with Crippen LogP contribution in [0.5, 0.6) is 51.7 Å². The van der Waals surface area contributed by atoms with E-state index in [2.05, 4.69) is 34.8 Å². The molecule has 12 aromatic heterocycles. The fraction of sp³-hybridized carbons (Fsp3) is 0.278. The number of aryl methyl sites for hydroxylation is 3. The number of rotatable bonds is 45. The summed E-state index contributed by atoms with van der Waals surface area (Å²) in [5.74, 6) is 5.63. The molecule has 0 unspecified atom stereocenters. The van der Waals surface area contributed by atoms with Crippen molar-refractivity contribution in [3.8, 4) is 120 Å². The first kappa shape index (κ1) is 91.9. The lowest BCUT2D eigenvalue weighted by molar-refractivity contribution is 0.00573. The van der Waals surface area contributed by atoms with Crippen LogP contribution in [-0.2, 0) is 68.1 Å². The minimum absolute atomic E-state index is 0.0487. The summed E-state index contributed by atoms with van der Waals surface area (Å²) in [6, 6.07) is 70.2. The summed E-state index contributed by atoms with van der Waals surface area (Å²) in [4.78, 5) is 58.0. The molecule has 28 heteroatoms. The molecule has 3 aromatic carbocycles. The molecule has 18 rings (SSSR count). The molecular formula is C108H105N13O15. The number of nitrogens with zero attached hydrogens (tertiary/aromatic N) is 13. The Morgan fingerprint density at radius 1 is 0.228 bits per heavy atom. The van der Waals surface area contributed by atoms with Crippen molar-refractivity contribution in [3.63, 3.8) is 0 Å². The lowest BCUT2D eigenvalue weighted by atomic mass is 10.1. The molecule has 0 aliphatic carbocycles. The van der Waals surface area contributed by atoms with E-state index in [-0.39, 0.29) is 55.9 Å². The van der Waals surface area contributed by atoms with Gasteiger partial charge in [0.2, 0.25) is 0 Å². The molecule has 3 aliphatic heterocycles. The van der Waals surface area contributed by atoms with Crippen molar-refractivity contribution >= 4 is 0 Å². The molecule has 136 heavy (non-hydrogen) atoms. The standard InChI is InChI=1S/C108H105N13O15/c1-73-16-28-88(109-46-73)91-31-22-79(52-112-91)61-134-106-70-122-64-82(106)67-128-85-25-37-97(118-55-85)94-34-19-76(49-115-94)58-131-103-13-7-4-10-100(103)125-43-40-121(41-44-126-101-11-5-8-14-104(101)132-59-77-20-35-95(116-50-77)98-38-26-86(56-119-98)129-68-83-65-123-71-107(83)135-62-80-23-32-92(113-53-80)89-29-17-74(2)47-110-89)42-45-127-102-12-6-9-15-105(102)133-60-78-21-36-96(117-51-78)99-39-27-87(57-120-99)130-69-84-66-124-72-108(84)136-63-81-24-33-93(114-54-81)90-30-18-75(3)48-111-90/h4-39,46-57,82-84,106-108H,40-45,58-72H2,1-3H3/t82-,83-,84-,106+,107+,108+/m1/s1. The first-order chi connectivity index (χ1) is 67.0. The van der Waals surface area contributed by atoms with Gasteiger partial charge < -0.3 is 71.1 Å². The molecule has 0 radical (unpaired) electrons. The number of ether oxygens (including phenoxy) is 15. The highest BCUT2D eigenvalue weighted by molar-refractivity contribution is 5.60. The van der Waals surface area contributed by atoms with Gasteiger partial charge in [-0.1, -0.05) is 91.0 Å². The summed E-state index contributed by atoms with van der Waals surface area (Å²) in [7, 11) is 0. The number of aromatic nitrogens is 12. The molecule has 6 atom stereocenters. The zero-order chi connectivity index (χ0) is 92.2. The van der Waals surface area contributed by atoms with Gasteiger partial charge in [-0.15, -0.1) is 0 Å². The third-order valence-corrected chi connectivity index (χ3v) is 23.4. The highest BCUT2D eigenvalue weighted by atomic mass is 16.6. The average molecular weight is 1830 g/mol. The van der Waals surface area contributed by atoms with E-state index in [0.717, 1.165) is 84.2 Å². The summed E-state index contributed by atoms with van der Waals surface area (Å²) >= 11 is 0. The minimum atomic E-state index is -0.123. The summed E-state index contributed by atoms with van der Waals surface area (Å²) in [6.07, 6.45) is 21.2. The normalized spacial score (nSPS) is 16.2. The van der Waals surface area contributed by atoms with Crippen molar-refractivity contribution in [1.82, 2.24) is 64.7 Å². The zero-order valence-corrected chi connectivity index (χ0v) is 76.0. The second-order valence-corrected chi connectivity index (χ2v) is 33.6. The van der Waals surface area contributed by atoms with E-state index < -0.39 is 0 Å². The molecule has 0 spiro atoms. The summed E-state index contributed by atoms with van der Waals surface area (Å²) in [6.45, 7) is 14.9. The topological polar surface area (TPSA) is 296 Å². The van der Waals surface area contributed by atoms with Crippen LogP contribution >= 0.6 is 0 Å². The van der Waals surface area contributed by atoms with Crippen LogP contribution in [0.15, 0.2) is 293 Å². The van der Waals surface area contributed by atoms with Gasteiger partial charge in [-0.05, 0) is 182 Å². The molecule has 0 N–H and O–H groups in total. The lowest BCUT2D eigenvalue weighted by Crippen LogP contribution is -2.35. The Hall–Kier alpha value is -14.6. The zero-order valence-electron chi connectivity index (χ0n) is 76.0. The molecule has 15 heterocycles. The van der Waals surface area contributed by atoms with Crippen molar-refractivity contribution in [1.29, 1.82) is 0 Å². The van der Waals surface area contributed by atoms with E-state index in [1.165, 1.54) is 0 Å². The summed E-state index contributed by atoms with van der Waals surface area (Å²) in [5.41, 5.74) is 18.0. The predicted octanol–water partition coefficient (Wildman–Crippen LogP) is 17.8. The van der Waals surface area contributed by atoms with Gasteiger partial charge in [0.25, 0.3) is 0 Å². The Labute approximate surface area is 789 Å². The second-order valence-electron chi connectivity index (χ2n) is 33.6. The van der Waals surface area contributed by atoms with Gasteiger partial charge in [0.1, 0.15) is 56.9 Å². The van der Waals surface area contributed by atoms with Gasteiger partial charge in [0, 0.05) is 110 Å². The largest absolute Gasteiger partial charge is 0.491 e. The fourth-order valence-corrected chi connectivity index (χ4v) is 15.4. The van der Waals surface area contributed by atoms with E-state index in [1.807, 2.05) is 276 Å². The number of pyridine rings is 12. The first-order valence-corrected chi connectivity index (χ1v) is 45.6. The van der Waals surface area contributed by atoms with E-state index in [9.17, 15) is 0 Å². The van der Waals surface area contributed by atoms with E-state index in [1.54, 1.807) is 37.2 Å². The van der Waals surface area contributed by atoms with Crippen LogP contribution in [0.25, 0.3) is 68.3 Å². The summed E-state index contributed by atoms with van der Waals surface area (Å²) < 4.78 is 94.1. The molecule has 3 fully saturated rings. The van der Waals surface area contributed by atoms with Crippen molar-refractivity contribution in [2.45, 2.75) is 78.7 Å². The maximum atomic E-state index is 6.56. The van der Waals surface area contributed by atoms with Gasteiger partial charge in [-0.3, -0.25) is 64.7 Å². The maximum Gasteiger partial charge on any atom is 0.161 e. The molecule has 28 nitrogen and oxygen atoms in total. The van der Waals surface area contributed by atoms with Gasteiger partial charge >= 0.3 is 0 Å². The van der Waals surface area contributed by atoms with Crippen molar-refractivity contribution in [2.75, 3.05) is 98.9 Å². The Balaban J connectivity index is 0.459. The summed E-state index contributed by atoms with van der Waals surface area (Å²) in [5, 5.41) is 0. The lowest BCUT2D eigenvalue weighted by Gasteiger charge is -2.23. The molecule has 3 aliphatic rings. The SMILES string of the molecule is Cc1ccc(-c2ccc(CO[C@H]3COC[C@@H]3COc3ccc(-c4ccc(COc5ccccc5OCCN(CCOc5ccccc5OCc5ccc(-c6ccc(OC[C@H]7COC[C@@H]7OCc7ccc(-c8ccc(C)cn8)nc7)cn6)nc5)CCOc5ccccc5OCc5ccc(-c6ccc(OC[C@H]7COC[C@@H]7OCc7ccc(-c8ccc(C)cn8)nc7)cn6)nc5)cn4)nc3)cn2)nc1. The molecule has 3 saturated heterocycles. The number of hydrogen-bond donors (Lipinski definition) is 0. The highest BCUT2D eigenvalue weighted by Gasteiger charge is 2.33. The maximum absolute atomic E-state index is 6.56. The van der Waals surface area contributed by atoms with E-state index in [0.29, 0.717) is 205 Å². The second kappa shape index (κ2) is 46.4. The first-order valence-electron chi connectivity index (χ1n) is 45.6. The highest BCUT2D eigenvalue weighted by Crippen LogP contribution is 2.35. The van der Waals surface area contributed by atoms with Crippen molar-refractivity contribution in [2.24, 2.45) is 17.8 Å². The number of hydrogen-bond acceptors (Lipinski definition) is 28. The number of benzene rings is 3. The Morgan fingerprint density at radius 2 is 0.449 bits per heavy atom. The monoisotopic (exact) mass is 1820 g/mol. The Morgan fingerprint density at radius 3 is 0.669 bits per heavy atom. The minimum Gasteiger partial charge on any atom is -0.491 e. The van der Waals surface area contributed by atoms with E-state index >= 15 is 0 Å². The third-order valence-electron chi connectivity index (χ3n) is 23.4. The fourth-order valence-electron chi connectivity index (χ4n) is 15.4. The smallest absolute Gasteiger partial charge is 0.161 e. The molecule has 15 aromatic rings. The average Bonchev–Trinajstić information content (AvgIpc) is 1.02. The third kappa shape index (κ3) is 25.7. The van der Waals surface area contributed by atoms with Crippen LogP contribution in [0, 0.1) is 38.5 Å². The predicted molar refractivity (Wildman–Crippen MR) is 509 cm³/mol. The van der Waals surface area contributed by atoms with Crippen LogP contribution in [-0.4, -0.2) is 182 Å². The van der Waals surface area contributed by atoms with Crippen molar-refractivity contribution in [3.05, 3.63) is 343 Å². The van der Waals surface area contributed by atoms with Crippen LogP contribution < -0.4 is 42.6 Å². The van der Waals surface area contributed by atoms with Crippen molar-refractivity contribution < 1.29 is 71.1 Å². The molecule has 0 bridgehead atoms. The van der Waals surface area contributed by atoms with E-state index in [4.69, 9.17) is 101 Å². The quantitative estimate of drug-likeness (QED) is 0.0342. The van der Waals surface area contributed by atoms with Crippen LogP contribution in [0.1, 0.15) is 50.1 Å². The Kier molecular flexibility index (Phi) is 31.3. The number of para-hydroxylation sites is 6. The van der Waals surface area contributed by atoms with Crippen LogP contribution in [0.4, 0.5) is 0 Å².